The van der Waals surface area contributed by atoms with Crippen LogP contribution in [0.5, 0.6) is 0 Å². The van der Waals surface area contributed by atoms with Crippen LogP contribution >= 0.6 is 31.9 Å². The van der Waals surface area contributed by atoms with Crippen molar-refractivity contribution in [2.45, 2.75) is 6.92 Å². The van der Waals surface area contributed by atoms with Crippen LogP contribution in [0.1, 0.15) is 17.3 Å². The molecule has 0 saturated carbocycles. The van der Waals surface area contributed by atoms with E-state index in [0.717, 1.165) is 0 Å². The third kappa shape index (κ3) is 2.79. The number of hydrogen-bond acceptors (Lipinski definition) is 4. The van der Waals surface area contributed by atoms with Crippen molar-refractivity contribution in [3.8, 4) is 0 Å². The van der Waals surface area contributed by atoms with Crippen molar-refractivity contribution in [2.75, 3.05) is 6.61 Å². The predicted octanol–water partition coefficient (Wildman–Crippen LogP) is 3.30. The van der Waals surface area contributed by atoms with Crippen molar-refractivity contribution in [1.82, 2.24) is 0 Å². The molecule has 0 spiro atoms. The fourth-order valence-electron chi connectivity index (χ4n) is 1.04. The molecule has 0 heterocycles. The monoisotopic (exact) mass is 351 g/mol. The van der Waals surface area contributed by atoms with Crippen LogP contribution in [0.25, 0.3) is 0 Å². The quantitative estimate of drug-likeness (QED) is 0.475. The van der Waals surface area contributed by atoms with Gasteiger partial charge in [-0.3, -0.25) is 10.1 Å². The van der Waals surface area contributed by atoms with Gasteiger partial charge < -0.3 is 4.74 Å². The number of rotatable bonds is 3. The Labute approximate surface area is 108 Å². The van der Waals surface area contributed by atoms with E-state index in [1.807, 2.05) is 0 Å². The van der Waals surface area contributed by atoms with E-state index in [-0.39, 0.29) is 17.9 Å². The van der Waals surface area contributed by atoms with Gasteiger partial charge in [0, 0.05) is 21.1 Å². The van der Waals surface area contributed by atoms with Gasteiger partial charge in [0.15, 0.2) is 0 Å². The molecule has 86 valence electrons. The van der Waals surface area contributed by atoms with E-state index in [1.54, 1.807) is 6.92 Å². The molecule has 0 atom stereocenters. The number of ether oxygens (including phenoxy) is 1. The lowest BCUT2D eigenvalue weighted by Gasteiger charge is -2.05. The number of non-ortho nitro benzene ring substituents is 1. The minimum Gasteiger partial charge on any atom is -0.462 e. The van der Waals surface area contributed by atoms with Crippen molar-refractivity contribution in [2.24, 2.45) is 0 Å². The maximum absolute atomic E-state index is 11.5. The van der Waals surface area contributed by atoms with Crippen molar-refractivity contribution < 1.29 is 14.5 Å². The summed E-state index contributed by atoms with van der Waals surface area (Å²) in [4.78, 5) is 21.5. The topological polar surface area (TPSA) is 69.4 Å². The van der Waals surface area contributed by atoms with Crippen LogP contribution in [-0.4, -0.2) is 17.5 Å². The minimum absolute atomic E-state index is 0.128. The molecular formula is C9H7Br2NO4. The van der Waals surface area contributed by atoms with Gasteiger partial charge in [-0.2, -0.15) is 0 Å². The van der Waals surface area contributed by atoms with E-state index in [4.69, 9.17) is 4.74 Å². The Hall–Kier alpha value is -0.950. The average Bonchev–Trinajstić information content (AvgIpc) is 2.21. The lowest BCUT2D eigenvalue weighted by molar-refractivity contribution is -0.385. The van der Waals surface area contributed by atoms with Crippen LogP contribution in [0.2, 0.25) is 0 Å². The normalized spacial score (nSPS) is 9.94. The maximum atomic E-state index is 11.5. The van der Waals surface area contributed by atoms with Gasteiger partial charge in [0.2, 0.25) is 0 Å². The van der Waals surface area contributed by atoms with Gasteiger partial charge in [0.05, 0.1) is 17.1 Å². The minimum atomic E-state index is -0.598. The third-order valence-corrected chi connectivity index (χ3v) is 3.73. The number of nitro benzene ring substituents is 1. The van der Waals surface area contributed by atoms with Gasteiger partial charge in [-0.25, -0.2) is 4.79 Å². The van der Waals surface area contributed by atoms with Crippen LogP contribution in [0.15, 0.2) is 21.1 Å². The van der Waals surface area contributed by atoms with Crippen LogP contribution in [0, 0.1) is 10.1 Å². The summed E-state index contributed by atoms with van der Waals surface area (Å²) in [6.45, 7) is 1.88. The van der Waals surface area contributed by atoms with Crippen molar-refractivity contribution in [3.05, 3.63) is 36.8 Å². The summed E-state index contributed by atoms with van der Waals surface area (Å²) < 4.78 is 5.66. The number of carbonyl (C=O) groups is 1. The summed E-state index contributed by atoms with van der Waals surface area (Å²) in [5, 5.41) is 10.6. The number of nitrogens with zero attached hydrogens (tertiary/aromatic N) is 1. The van der Waals surface area contributed by atoms with Gasteiger partial charge in [-0.1, -0.05) is 0 Å². The second-order valence-electron chi connectivity index (χ2n) is 2.77. The molecule has 1 aromatic carbocycles. The van der Waals surface area contributed by atoms with E-state index in [9.17, 15) is 14.9 Å². The SMILES string of the molecule is CCOC(=O)c1cc([N+](=O)[O-])cc(Br)c1Br. The van der Waals surface area contributed by atoms with E-state index >= 15 is 0 Å². The zero-order chi connectivity index (χ0) is 12.3. The molecule has 0 aliphatic heterocycles. The first-order valence-corrected chi connectivity index (χ1v) is 5.86. The first kappa shape index (κ1) is 13.1. The summed E-state index contributed by atoms with van der Waals surface area (Å²) in [6.07, 6.45) is 0. The van der Waals surface area contributed by atoms with Crippen molar-refractivity contribution in [1.29, 1.82) is 0 Å². The fourth-order valence-corrected chi connectivity index (χ4v) is 1.88. The summed E-state index contributed by atoms with van der Waals surface area (Å²) >= 11 is 6.29. The molecular weight excluding hydrogens is 346 g/mol. The molecule has 0 amide bonds. The van der Waals surface area contributed by atoms with E-state index in [1.165, 1.54) is 12.1 Å². The van der Waals surface area contributed by atoms with Crippen LogP contribution < -0.4 is 0 Å². The first-order valence-electron chi connectivity index (χ1n) is 4.28. The second kappa shape index (κ2) is 5.40. The van der Waals surface area contributed by atoms with E-state index < -0.39 is 10.9 Å². The zero-order valence-corrected chi connectivity index (χ0v) is 11.4. The van der Waals surface area contributed by atoms with Crippen LogP contribution in [-0.2, 0) is 4.74 Å². The Morgan fingerprint density at radius 1 is 1.50 bits per heavy atom. The molecule has 0 N–H and O–H groups in total. The summed E-state index contributed by atoms with van der Waals surface area (Å²) in [7, 11) is 0. The molecule has 7 heteroatoms. The molecule has 0 aromatic heterocycles. The Balaban J connectivity index is 3.26. The summed E-state index contributed by atoms with van der Waals surface area (Å²) in [5.74, 6) is -0.598. The Morgan fingerprint density at radius 2 is 2.12 bits per heavy atom. The molecule has 0 unspecified atom stereocenters. The number of nitro groups is 1. The number of hydrogen-bond donors (Lipinski definition) is 0. The molecule has 1 rings (SSSR count). The van der Waals surface area contributed by atoms with Crippen LogP contribution in [0.4, 0.5) is 5.69 Å². The molecule has 0 aliphatic rings. The van der Waals surface area contributed by atoms with E-state index in [0.29, 0.717) is 8.95 Å². The number of esters is 1. The lowest BCUT2D eigenvalue weighted by Crippen LogP contribution is -2.06. The fraction of sp³-hybridized carbons (Fsp3) is 0.222. The Morgan fingerprint density at radius 3 is 2.62 bits per heavy atom. The number of halogens is 2. The molecule has 0 aliphatic carbocycles. The first-order chi connectivity index (χ1) is 7.47. The van der Waals surface area contributed by atoms with E-state index in [2.05, 4.69) is 31.9 Å². The smallest absolute Gasteiger partial charge is 0.339 e. The number of carbonyl (C=O) groups excluding carboxylic acids is 1. The maximum Gasteiger partial charge on any atom is 0.339 e. The van der Waals surface area contributed by atoms with Gasteiger partial charge in [0.1, 0.15) is 0 Å². The lowest BCUT2D eigenvalue weighted by atomic mass is 10.2. The average molecular weight is 353 g/mol. The van der Waals surface area contributed by atoms with Crippen molar-refractivity contribution in [3.63, 3.8) is 0 Å². The predicted molar refractivity (Wildman–Crippen MR) is 64.5 cm³/mol. The zero-order valence-electron chi connectivity index (χ0n) is 8.20. The highest BCUT2D eigenvalue weighted by atomic mass is 79.9. The Bertz CT molecular complexity index is 447. The summed E-state index contributed by atoms with van der Waals surface area (Å²) in [6, 6.07) is 2.49. The van der Waals surface area contributed by atoms with Crippen molar-refractivity contribution >= 4 is 43.5 Å². The highest BCUT2D eigenvalue weighted by molar-refractivity contribution is 9.13. The van der Waals surface area contributed by atoms with Gasteiger partial charge in [-0.05, 0) is 38.8 Å². The van der Waals surface area contributed by atoms with Gasteiger partial charge in [0.25, 0.3) is 5.69 Å². The summed E-state index contributed by atoms with van der Waals surface area (Å²) in [5.41, 5.74) is -0.0407. The molecule has 16 heavy (non-hydrogen) atoms. The van der Waals surface area contributed by atoms with Gasteiger partial charge >= 0.3 is 5.97 Å². The molecule has 0 bridgehead atoms. The van der Waals surface area contributed by atoms with Gasteiger partial charge in [-0.15, -0.1) is 0 Å². The Kier molecular flexibility index (Phi) is 4.43. The molecule has 1 aromatic rings. The highest BCUT2D eigenvalue weighted by Gasteiger charge is 2.19. The molecule has 0 saturated heterocycles. The highest BCUT2D eigenvalue weighted by Crippen LogP contribution is 2.31. The molecule has 0 radical (unpaired) electrons. The third-order valence-electron chi connectivity index (χ3n) is 1.72. The molecule has 5 nitrogen and oxygen atoms in total. The number of benzene rings is 1. The van der Waals surface area contributed by atoms with Crippen LogP contribution in [0.3, 0.4) is 0 Å². The standard InChI is InChI=1S/C9H7Br2NO4/c1-2-16-9(13)6-3-5(12(14)15)4-7(10)8(6)11/h3-4H,2H2,1H3. The molecule has 0 fully saturated rings. The second-order valence-corrected chi connectivity index (χ2v) is 4.41. The largest absolute Gasteiger partial charge is 0.462 e.